The number of hydrogen-bond donors (Lipinski definition) is 1. The van der Waals surface area contributed by atoms with Crippen molar-refractivity contribution in [2.45, 2.75) is 38.6 Å². The number of carbonyl (C=O) groups excluding carboxylic acids is 1. The van der Waals surface area contributed by atoms with E-state index in [-0.39, 0.29) is 23.4 Å². The quantitative estimate of drug-likeness (QED) is 0.792. The lowest BCUT2D eigenvalue weighted by Crippen LogP contribution is -2.49. The van der Waals surface area contributed by atoms with Gasteiger partial charge in [-0.1, -0.05) is 35.8 Å². The molecule has 2 nitrogen and oxygen atoms in total. The first kappa shape index (κ1) is 16.1. The number of benzene rings is 1. The fourth-order valence-electron chi connectivity index (χ4n) is 1.85. The van der Waals surface area contributed by atoms with Gasteiger partial charge >= 0.3 is 0 Å². The summed E-state index contributed by atoms with van der Waals surface area (Å²) >= 11 is 3.37. The van der Waals surface area contributed by atoms with Gasteiger partial charge in [-0.3, -0.25) is 4.79 Å². The number of amides is 1. The van der Waals surface area contributed by atoms with Crippen LogP contribution in [0.15, 0.2) is 18.2 Å². The molecular weight excluding hydrogens is 316 g/mol. The Bertz CT molecular complexity index is 419. The Morgan fingerprint density at radius 1 is 1.26 bits per heavy atom. The number of rotatable bonds is 6. The highest BCUT2D eigenvalue weighted by Crippen LogP contribution is 2.19. The van der Waals surface area contributed by atoms with Crippen molar-refractivity contribution in [3.8, 4) is 0 Å². The zero-order valence-corrected chi connectivity index (χ0v) is 12.7. The topological polar surface area (TPSA) is 29.1 Å². The minimum absolute atomic E-state index is 0.185. The zero-order chi connectivity index (χ0) is 14.5. The number of carbonyl (C=O) groups is 1. The second-order valence-electron chi connectivity index (χ2n) is 4.55. The highest BCUT2D eigenvalue weighted by molar-refractivity contribution is 9.09. The summed E-state index contributed by atoms with van der Waals surface area (Å²) in [7, 11) is 0. The molecule has 5 heteroatoms. The van der Waals surface area contributed by atoms with Crippen molar-refractivity contribution in [2.75, 3.05) is 5.33 Å². The normalized spacial score (nSPS) is 11.4. The van der Waals surface area contributed by atoms with Crippen LogP contribution in [0.3, 0.4) is 0 Å². The van der Waals surface area contributed by atoms with Crippen molar-refractivity contribution in [1.82, 2.24) is 5.32 Å². The van der Waals surface area contributed by atoms with E-state index in [1.807, 2.05) is 13.8 Å². The van der Waals surface area contributed by atoms with Crippen LogP contribution in [0.4, 0.5) is 8.78 Å². The Morgan fingerprint density at radius 2 is 1.79 bits per heavy atom. The predicted octanol–water partition coefficient (Wildman–Crippen LogP) is 3.58. The summed E-state index contributed by atoms with van der Waals surface area (Å²) in [6.45, 7) is 3.93. The summed E-state index contributed by atoms with van der Waals surface area (Å²) in [4.78, 5) is 11.9. The third-order valence-electron chi connectivity index (χ3n) is 3.41. The predicted molar refractivity (Wildman–Crippen MR) is 75.3 cm³/mol. The summed E-state index contributed by atoms with van der Waals surface area (Å²) in [5.41, 5.74) is -0.547. The molecule has 19 heavy (non-hydrogen) atoms. The molecule has 0 aliphatic heterocycles. The van der Waals surface area contributed by atoms with E-state index in [2.05, 4.69) is 21.2 Å². The molecule has 0 saturated carbocycles. The maximum absolute atomic E-state index is 13.5. The van der Waals surface area contributed by atoms with Gasteiger partial charge in [-0.25, -0.2) is 8.78 Å². The van der Waals surface area contributed by atoms with Gasteiger partial charge in [0.15, 0.2) is 0 Å². The first-order valence-corrected chi connectivity index (χ1v) is 7.40. The summed E-state index contributed by atoms with van der Waals surface area (Å²) < 4.78 is 26.9. The van der Waals surface area contributed by atoms with Crippen LogP contribution in [0.25, 0.3) is 0 Å². The van der Waals surface area contributed by atoms with Gasteiger partial charge in [0.2, 0.25) is 5.91 Å². The van der Waals surface area contributed by atoms with Gasteiger partial charge in [-0.15, -0.1) is 0 Å². The Morgan fingerprint density at radius 3 is 2.21 bits per heavy atom. The summed E-state index contributed by atoms with van der Waals surface area (Å²) in [5, 5.41) is 3.47. The summed E-state index contributed by atoms with van der Waals surface area (Å²) in [6, 6.07) is 3.60. The second-order valence-corrected chi connectivity index (χ2v) is 5.11. The van der Waals surface area contributed by atoms with Crippen LogP contribution in [0.1, 0.15) is 32.3 Å². The fourth-order valence-corrected chi connectivity index (χ4v) is 2.78. The molecule has 0 aromatic heterocycles. The Balaban J connectivity index is 2.81. The van der Waals surface area contributed by atoms with Crippen LogP contribution in [-0.2, 0) is 11.2 Å². The molecule has 0 heterocycles. The molecule has 0 aliphatic rings. The van der Waals surface area contributed by atoms with Crippen LogP contribution in [0.2, 0.25) is 0 Å². The van der Waals surface area contributed by atoms with Crippen LogP contribution < -0.4 is 5.32 Å². The number of alkyl halides is 1. The number of nitrogens with one attached hydrogen (secondary N) is 1. The Kier molecular flexibility index (Phi) is 5.91. The SMILES string of the molecule is CCC(CC)(CBr)NC(=O)Cc1c(F)cccc1F. The third kappa shape index (κ3) is 4.00. The van der Waals surface area contributed by atoms with Gasteiger partial charge < -0.3 is 5.32 Å². The van der Waals surface area contributed by atoms with Crippen LogP contribution in [0, 0.1) is 11.6 Å². The van der Waals surface area contributed by atoms with E-state index in [4.69, 9.17) is 0 Å². The molecule has 0 aliphatic carbocycles. The van der Waals surface area contributed by atoms with Gasteiger partial charge in [0, 0.05) is 16.4 Å². The first-order valence-electron chi connectivity index (χ1n) is 6.28. The lowest BCUT2D eigenvalue weighted by Gasteiger charge is -2.31. The average molecular weight is 334 g/mol. The monoisotopic (exact) mass is 333 g/mol. The third-order valence-corrected chi connectivity index (χ3v) is 4.49. The van der Waals surface area contributed by atoms with Gasteiger partial charge in [0.25, 0.3) is 0 Å². The minimum Gasteiger partial charge on any atom is -0.350 e. The highest BCUT2D eigenvalue weighted by atomic mass is 79.9. The molecule has 0 spiro atoms. The van der Waals surface area contributed by atoms with E-state index in [0.29, 0.717) is 5.33 Å². The van der Waals surface area contributed by atoms with E-state index in [9.17, 15) is 13.6 Å². The molecule has 0 saturated heterocycles. The largest absolute Gasteiger partial charge is 0.350 e. The van der Waals surface area contributed by atoms with Gasteiger partial charge in [0.05, 0.1) is 6.42 Å². The lowest BCUT2D eigenvalue weighted by molar-refractivity contribution is -0.122. The van der Waals surface area contributed by atoms with Crippen molar-refractivity contribution < 1.29 is 13.6 Å². The van der Waals surface area contributed by atoms with Crippen molar-refractivity contribution >= 4 is 21.8 Å². The Hall–Kier alpha value is -0.970. The molecule has 1 N–H and O–H groups in total. The molecule has 0 unspecified atom stereocenters. The maximum Gasteiger partial charge on any atom is 0.225 e. The van der Waals surface area contributed by atoms with E-state index in [1.54, 1.807) is 0 Å². The van der Waals surface area contributed by atoms with Crippen molar-refractivity contribution in [3.05, 3.63) is 35.4 Å². The van der Waals surface area contributed by atoms with Crippen LogP contribution in [-0.4, -0.2) is 16.8 Å². The fraction of sp³-hybridized carbons (Fsp3) is 0.500. The van der Waals surface area contributed by atoms with Crippen LogP contribution in [0.5, 0.6) is 0 Å². The molecule has 1 aromatic carbocycles. The molecule has 0 atom stereocenters. The molecular formula is C14H18BrF2NO. The molecule has 106 valence electrons. The second kappa shape index (κ2) is 6.98. The van der Waals surface area contributed by atoms with Gasteiger partial charge in [-0.05, 0) is 25.0 Å². The van der Waals surface area contributed by atoms with Crippen LogP contribution >= 0.6 is 15.9 Å². The van der Waals surface area contributed by atoms with E-state index >= 15 is 0 Å². The van der Waals surface area contributed by atoms with Crippen molar-refractivity contribution in [2.24, 2.45) is 0 Å². The zero-order valence-electron chi connectivity index (χ0n) is 11.1. The molecule has 0 radical (unpaired) electrons. The molecule has 1 aromatic rings. The summed E-state index contributed by atoms with van der Waals surface area (Å²) in [6.07, 6.45) is 1.22. The van der Waals surface area contributed by atoms with Gasteiger partial charge in [-0.2, -0.15) is 0 Å². The van der Waals surface area contributed by atoms with E-state index < -0.39 is 11.6 Å². The smallest absolute Gasteiger partial charge is 0.225 e. The first-order chi connectivity index (χ1) is 8.98. The number of halogens is 3. The highest BCUT2D eigenvalue weighted by Gasteiger charge is 2.27. The van der Waals surface area contributed by atoms with Gasteiger partial charge in [0.1, 0.15) is 11.6 Å². The molecule has 1 amide bonds. The van der Waals surface area contributed by atoms with E-state index in [1.165, 1.54) is 6.07 Å². The lowest BCUT2D eigenvalue weighted by atomic mass is 9.95. The Labute approximate surface area is 120 Å². The van der Waals surface area contributed by atoms with Crippen molar-refractivity contribution in [1.29, 1.82) is 0 Å². The van der Waals surface area contributed by atoms with Crippen molar-refractivity contribution in [3.63, 3.8) is 0 Å². The molecule has 1 rings (SSSR count). The molecule has 0 bridgehead atoms. The van der Waals surface area contributed by atoms with E-state index in [0.717, 1.165) is 25.0 Å². The maximum atomic E-state index is 13.5. The average Bonchev–Trinajstić information content (AvgIpc) is 2.41. The summed E-state index contributed by atoms with van der Waals surface area (Å²) in [5.74, 6) is -1.74. The minimum atomic E-state index is -0.687. The number of hydrogen-bond acceptors (Lipinski definition) is 1. The standard InChI is InChI=1S/C14H18BrF2NO/c1-3-14(4-2,9-15)18-13(19)8-10-11(16)6-5-7-12(10)17/h5-7H,3-4,8-9H2,1-2H3,(H,18,19). The molecule has 0 fully saturated rings.